The standard InChI is InChI=1S/C15H25N3O2.2ClH/c1-11(2)14(16)15(19)17-12-6-5-7-13(10-12)20-9-8-18(3)4;;/h5-7,10-11,14H,8-9,16H2,1-4H3,(H,17,19);2*1H/t14-;;/m0../s1. The number of likely N-dealkylation sites (N-methyl/N-ethyl adjacent to an activating group) is 1. The van der Waals surface area contributed by atoms with Crippen molar-refractivity contribution in [2.24, 2.45) is 11.7 Å². The zero-order valence-corrected chi connectivity index (χ0v) is 15.2. The number of nitrogens with zero attached hydrogens (tertiary/aromatic N) is 1. The van der Waals surface area contributed by atoms with Crippen LogP contribution in [-0.4, -0.2) is 44.1 Å². The molecule has 0 aliphatic carbocycles. The molecule has 0 saturated heterocycles. The Morgan fingerprint density at radius 1 is 1.32 bits per heavy atom. The molecule has 1 aromatic rings. The first kappa shape index (κ1) is 23.3. The van der Waals surface area contributed by atoms with Crippen molar-refractivity contribution in [3.05, 3.63) is 24.3 Å². The van der Waals surface area contributed by atoms with E-state index in [1.165, 1.54) is 0 Å². The molecule has 5 nitrogen and oxygen atoms in total. The predicted octanol–water partition coefficient (Wildman–Crippen LogP) is 2.39. The number of nitrogens with two attached hydrogens (primary N) is 1. The highest BCUT2D eigenvalue weighted by Gasteiger charge is 2.17. The fourth-order valence-corrected chi connectivity index (χ4v) is 1.54. The van der Waals surface area contributed by atoms with Gasteiger partial charge in [0.05, 0.1) is 6.04 Å². The zero-order valence-electron chi connectivity index (χ0n) is 13.5. The van der Waals surface area contributed by atoms with Crippen LogP contribution in [0.3, 0.4) is 0 Å². The van der Waals surface area contributed by atoms with Crippen molar-refractivity contribution in [1.29, 1.82) is 0 Å². The maximum absolute atomic E-state index is 11.9. The molecule has 7 heteroatoms. The average Bonchev–Trinajstić information content (AvgIpc) is 2.37. The number of halogens is 2. The van der Waals surface area contributed by atoms with Gasteiger partial charge in [-0.1, -0.05) is 19.9 Å². The predicted molar refractivity (Wildman–Crippen MR) is 96.4 cm³/mol. The van der Waals surface area contributed by atoms with Crippen LogP contribution in [0, 0.1) is 5.92 Å². The summed E-state index contributed by atoms with van der Waals surface area (Å²) >= 11 is 0. The van der Waals surface area contributed by atoms with E-state index in [2.05, 4.69) is 5.32 Å². The van der Waals surface area contributed by atoms with E-state index < -0.39 is 6.04 Å². The van der Waals surface area contributed by atoms with Gasteiger partial charge in [-0.3, -0.25) is 4.79 Å². The van der Waals surface area contributed by atoms with Crippen molar-refractivity contribution in [3.63, 3.8) is 0 Å². The van der Waals surface area contributed by atoms with Crippen molar-refractivity contribution >= 4 is 36.4 Å². The quantitative estimate of drug-likeness (QED) is 0.791. The van der Waals surface area contributed by atoms with Gasteiger partial charge in [-0.15, -0.1) is 24.8 Å². The summed E-state index contributed by atoms with van der Waals surface area (Å²) in [6, 6.07) is 6.84. The van der Waals surface area contributed by atoms with Gasteiger partial charge < -0.3 is 20.7 Å². The Balaban J connectivity index is 0. The summed E-state index contributed by atoms with van der Waals surface area (Å²) < 4.78 is 5.62. The van der Waals surface area contributed by atoms with Crippen LogP contribution in [0.4, 0.5) is 5.69 Å². The lowest BCUT2D eigenvalue weighted by molar-refractivity contribution is -0.118. The summed E-state index contributed by atoms with van der Waals surface area (Å²) in [7, 11) is 3.99. The average molecular weight is 352 g/mol. The van der Waals surface area contributed by atoms with Crippen molar-refractivity contribution in [2.45, 2.75) is 19.9 Å². The number of amides is 1. The summed E-state index contributed by atoms with van der Waals surface area (Å²) in [6.07, 6.45) is 0. The van der Waals surface area contributed by atoms with E-state index in [-0.39, 0.29) is 36.6 Å². The van der Waals surface area contributed by atoms with Gasteiger partial charge in [-0.05, 0) is 32.1 Å². The van der Waals surface area contributed by atoms with Crippen molar-refractivity contribution in [3.8, 4) is 5.75 Å². The fourth-order valence-electron chi connectivity index (χ4n) is 1.54. The Hall–Kier alpha value is -1.01. The molecule has 0 saturated carbocycles. The van der Waals surface area contributed by atoms with Gasteiger partial charge in [0.25, 0.3) is 0 Å². The summed E-state index contributed by atoms with van der Waals surface area (Å²) in [5, 5.41) is 2.81. The minimum absolute atomic E-state index is 0. The third-order valence-electron chi connectivity index (χ3n) is 2.93. The Kier molecular flexibility index (Phi) is 12.2. The number of carbonyl (C=O) groups excluding carboxylic acids is 1. The number of rotatable bonds is 7. The van der Waals surface area contributed by atoms with Gasteiger partial charge in [0.2, 0.25) is 5.91 Å². The fraction of sp³-hybridized carbons (Fsp3) is 0.533. The number of ether oxygens (including phenoxy) is 1. The molecule has 1 rings (SSSR count). The maximum atomic E-state index is 11.9. The van der Waals surface area contributed by atoms with Gasteiger partial charge in [0.1, 0.15) is 12.4 Å². The van der Waals surface area contributed by atoms with Crippen LogP contribution in [0.25, 0.3) is 0 Å². The molecule has 0 aliphatic rings. The molecule has 0 heterocycles. The van der Waals surface area contributed by atoms with Gasteiger partial charge in [0.15, 0.2) is 0 Å². The number of nitrogens with one attached hydrogen (secondary N) is 1. The van der Waals surface area contributed by atoms with Crippen LogP contribution < -0.4 is 15.8 Å². The molecule has 22 heavy (non-hydrogen) atoms. The molecule has 1 amide bonds. The monoisotopic (exact) mass is 351 g/mol. The molecule has 0 aliphatic heterocycles. The minimum Gasteiger partial charge on any atom is -0.492 e. The van der Waals surface area contributed by atoms with Crippen LogP contribution >= 0.6 is 24.8 Å². The second-order valence-corrected chi connectivity index (χ2v) is 5.44. The van der Waals surface area contributed by atoms with Gasteiger partial charge >= 0.3 is 0 Å². The molecule has 0 aromatic heterocycles. The lowest BCUT2D eigenvalue weighted by Crippen LogP contribution is -2.39. The first-order valence-electron chi connectivity index (χ1n) is 6.84. The Morgan fingerprint density at radius 2 is 1.95 bits per heavy atom. The Bertz CT molecular complexity index is 443. The molecule has 0 radical (unpaired) electrons. The molecular weight excluding hydrogens is 325 g/mol. The van der Waals surface area contributed by atoms with E-state index in [0.717, 1.165) is 12.3 Å². The van der Waals surface area contributed by atoms with Gasteiger partial charge in [-0.2, -0.15) is 0 Å². The van der Waals surface area contributed by atoms with E-state index in [0.29, 0.717) is 12.3 Å². The Labute approximate surface area is 145 Å². The van der Waals surface area contributed by atoms with Crippen molar-refractivity contribution < 1.29 is 9.53 Å². The van der Waals surface area contributed by atoms with Crippen LogP contribution in [0.5, 0.6) is 5.75 Å². The van der Waals surface area contributed by atoms with Crippen LogP contribution in [0.15, 0.2) is 24.3 Å². The molecule has 0 fully saturated rings. The summed E-state index contributed by atoms with van der Waals surface area (Å²) in [6.45, 7) is 5.29. The van der Waals surface area contributed by atoms with Crippen LogP contribution in [0.2, 0.25) is 0 Å². The smallest absolute Gasteiger partial charge is 0.241 e. The molecule has 128 valence electrons. The van der Waals surface area contributed by atoms with E-state index in [4.69, 9.17) is 10.5 Å². The molecule has 0 spiro atoms. The normalized spacial score (nSPS) is 11.4. The minimum atomic E-state index is -0.506. The molecule has 0 bridgehead atoms. The van der Waals surface area contributed by atoms with Crippen LogP contribution in [-0.2, 0) is 4.79 Å². The maximum Gasteiger partial charge on any atom is 0.241 e. The highest BCUT2D eigenvalue weighted by atomic mass is 35.5. The highest BCUT2D eigenvalue weighted by Crippen LogP contribution is 2.17. The largest absolute Gasteiger partial charge is 0.492 e. The zero-order chi connectivity index (χ0) is 15.1. The number of hydrogen-bond donors (Lipinski definition) is 2. The van der Waals surface area contributed by atoms with E-state index >= 15 is 0 Å². The number of benzene rings is 1. The Morgan fingerprint density at radius 3 is 2.50 bits per heavy atom. The second kappa shape index (κ2) is 11.5. The van der Waals surface area contributed by atoms with E-state index in [1.54, 1.807) is 6.07 Å². The first-order valence-corrected chi connectivity index (χ1v) is 6.84. The molecular formula is C15H27Cl2N3O2. The lowest BCUT2D eigenvalue weighted by atomic mass is 10.0. The first-order chi connectivity index (χ1) is 9.40. The SMILES string of the molecule is CC(C)[C@H](N)C(=O)Nc1cccc(OCCN(C)C)c1.Cl.Cl. The third-order valence-corrected chi connectivity index (χ3v) is 2.93. The summed E-state index contributed by atoms with van der Waals surface area (Å²) in [5.74, 6) is 0.669. The lowest BCUT2D eigenvalue weighted by Gasteiger charge is -2.16. The topological polar surface area (TPSA) is 67.6 Å². The molecule has 0 unspecified atom stereocenters. The second-order valence-electron chi connectivity index (χ2n) is 5.44. The number of anilines is 1. The molecule has 3 N–H and O–H groups in total. The number of carbonyl (C=O) groups is 1. The van der Waals surface area contributed by atoms with Crippen LogP contribution in [0.1, 0.15) is 13.8 Å². The van der Waals surface area contributed by atoms with Gasteiger partial charge in [0, 0.05) is 18.3 Å². The van der Waals surface area contributed by atoms with E-state index in [9.17, 15) is 4.79 Å². The van der Waals surface area contributed by atoms with E-state index in [1.807, 2.05) is 51.0 Å². The summed E-state index contributed by atoms with van der Waals surface area (Å²) in [4.78, 5) is 13.9. The van der Waals surface area contributed by atoms with Crippen molar-refractivity contribution in [1.82, 2.24) is 4.90 Å². The summed E-state index contributed by atoms with van der Waals surface area (Å²) in [5.41, 5.74) is 6.51. The third kappa shape index (κ3) is 8.44. The highest BCUT2D eigenvalue weighted by molar-refractivity contribution is 5.94. The van der Waals surface area contributed by atoms with Crippen molar-refractivity contribution in [2.75, 3.05) is 32.6 Å². The molecule has 1 atom stereocenters. The van der Waals surface area contributed by atoms with Gasteiger partial charge in [-0.25, -0.2) is 0 Å². The molecule has 1 aromatic carbocycles. The number of hydrogen-bond acceptors (Lipinski definition) is 4.